The number of likely N-dealkylation sites (tertiary alicyclic amines) is 1. The van der Waals surface area contributed by atoms with Crippen LogP contribution in [0.15, 0.2) is 48.0 Å². The maximum Gasteiger partial charge on any atom is 0.410 e. The zero-order valence-corrected chi connectivity index (χ0v) is 21.8. The summed E-state index contributed by atoms with van der Waals surface area (Å²) in [5, 5.41) is 0. The number of carbonyl (C=O) groups excluding carboxylic acids is 2. The Hall–Kier alpha value is -3.60. The molecule has 198 valence electrons. The Bertz CT molecular complexity index is 1320. The number of ether oxygens (including phenoxy) is 2. The lowest BCUT2D eigenvalue weighted by atomic mass is 10.0. The minimum Gasteiger partial charge on any atom is -0.487 e. The third kappa shape index (κ3) is 6.40. The molecule has 1 N–H and O–H groups in total. The molecular weight excluding hydrogens is 501 g/mol. The van der Waals surface area contributed by atoms with Gasteiger partial charge >= 0.3 is 16.3 Å². The van der Waals surface area contributed by atoms with Gasteiger partial charge in [-0.3, -0.25) is 4.79 Å². The molecule has 4 rings (SSSR count). The van der Waals surface area contributed by atoms with E-state index in [4.69, 9.17) is 9.47 Å². The summed E-state index contributed by atoms with van der Waals surface area (Å²) in [6, 6.07) is 12.1. The molecule has 0 spiro atoms. The van der Waals surface area contributed by atoms with Crippen molar-refractivity contribution in [3.8, 4) is 5.75 Å². The van der Waals surface area contributed by atoms with Gasteiger partial charge in [0.1, 0.15) is 30.2 Å². The fraction of sp³-hybridized carbons (Fsp3) is 0.385. The Kier molecular flexibility index (Phi) is 7.44. The standard InChI is InChI=1S/C26H30FN3O6S/c1-26(2,3)36-25(32)29-13-7-10-19(15-29)14-20-11-12-21(35-17-18-8-5-4-6-9-18)24(23(20)27)30-16-22(31)28-37(30,33)34/h4-6,8-9,11-12,14H,7,10,13,15-17H2,1-3H3,(H,28,31)/b19-14+. The summed E-state index contributed by atoms with van der Waals surface area (Å²) in [5.74, 6) is -1.62. The smallest absolute Gasteiger partial charge is 0.410 e. The number of benzene rings is 2. The fourth-order valence-electron chi connectivity index (χ4n) is 4.12. The number of hydrogen-bond donors (Lipinski definition) is 1. The number of amides is 2. The van der Waals surface area contributed by atoms with Crippen molar-refractivity contribution in [2.75, 3.05) is 23.9 Å². The molecule has 0 saturated carbocycles. The zero-order valence-electron chi connectivity index (χ0n) is 21.0. The lowest BCUT2D eigenvalue weighted by Crippen LogP contribution is -2.40. The number of anilines is 1. The topological polar surface area (TPSA) is 105 Å². The van der Waals surface area contributed by atoms with E-state index in [2.05, 4.69) is 0 Å². The molecule has 2 aromatic rings. The molecule has 2 aromatic carbocycles. The van der Waals surface area contributed by atoms with Gasteiger partial charge < -0.3 is 14.4 Å². The first-order valence-corrected chi connectivity index (χ1v) is 13.4. The highest BCUT2D eigenvalue weighted by molar-refractivity contribution is 7.92. The molecule has 2 aliphatic heterocycles. The summed E-state index contributed by atoms with van der Waals surface area (Å²) in [7, 11) is -4.28. The molecule has 11 heteroatoms. The van der Waals surface area contributed by atoms with E-state index in [1.807, 2.05) is 35.1 Å². The van der Waals surface area contributed by atoms with Gasteiger partial charge in [-0.15, -0.1) is 0 Å². The van der Waals surface area contributed by atoms with Crippen molar-refractivity contribution in [3.63, 3.8) is 0 Å². The molecule has 0 aromatic heterocycles. The number of rotatable bonds is 5. The summed E-state index contributed by atoms with van der Waals surface area (Å²) >= 11 is 0. The second kappa shape index (κ2) is 10.4. The normalized spacial score (nSPS) is 18.6. The molecule has 37 heavy (non-hydrogen) atoms. The summed E-state index contributed by atoms with van der Waals surface area (Å²) in [6.07, 6.45) is 2.48. The van der Waals surface area contributed by atoms with Gasteiger partial charge in [0.2, 0.25) is 0 Å². The number of hydrogen-bond acceptors (Lipinski definition) is 6. The molecule has 0 atom stereocenters. The van der Waals surface area contributed by atoms with Gasteiger partial charge in [0.25, 0.3) is 5.91 Å². The van der Waals surface area contributed by atoms with Gasteiger partial charge in [-0.05, 0) is 56.9 Å². The Morgan fingerprint density at radius 3 is 2.51 bits per heavy atom. The van der Waals surface area contributed by atoms with Crippen LogP contribution in [0.4, 0.5) is 14.9 Å². The van der Waals surface area contributed by atoms with Crippen LogP contribution in [0.25, 0.3) is 6.08 Å². The van der Waals surface area contributed by atoms with Crippen molar-refractivity contribution < 1.29 is 31.9 Å². The van der Waals surface area contributed by atoms with Crippen molar-refractivity contribution in [3.05, 3.63) is 65.0 Å². The summed E-state index contributed by atoms with van der Waals surface area (Å²) in [6.45, 7) is 5.66. The van der Waals surface area contributed by atoms with Crippen molar-refractivity contribution in [2.45, 2.75) is 45.8 Å². The quantitative estimate of drug-likeness (QED) is 0.625. The number of carbonyl (C=O) groups is 2. The van der Waals surface area contributed by atoms with Crippen LogP contribution in [0.5, 0.6) is 5.75 Å². The lowest BCUT2D eigenvalue weighted by molar-refractivity contribution is -0.117. The zero-order chi connectivity index (χ0) is 26.8. The van der Waals surface area contributed by atoms with E-state index in [9.17, 15) is 18.0 Å². The highest BCUT2D eigenvalue weighted by Gasteiger charge is 2.38. The van der Waals surface area contributed by atoms with Gasteiger partial charge in [0.05, 0.1) is 0 Å². The minimum absolute atomic E-state index is 0.0115. The summed E-state index contributed by atoms with van der Waals surface area (Å²) in [4.78, 5) is 26.0. The monoisotopic (exact) mass is 531 g/mol. The third-order valence-electron chi connectivity index (χ3n) is 5.75. The van der Waals surface area contributed by atoms with Crippen LogP contribution >= 0.6 is 0 Å². The summed E-state index contributed by atoms with van der Waals surface area (Å²) < 4.78 is 54.9. The van der Waals surface area contributed by atoms with E-state index in [1.54, 1.807) is 31.7 Å². The van der Waals surface area contributed by atoms with E-state index in [-0.39, 0.29) is 30.2 Å². The van der Waals surface area contributed by atoms with Gasteiger partial charge in [-0.25, -0.2) is 18.2 Å². The first-order valence-electron chi connectivity index (χ1n) is 11.9. The van der Waals surface area contributed by atoms with Gasteiger partial charge in [0.15, 0.2) is 5.82 Å². The van der Waals surface area contributed by atoms with Gasteiger partial charge in [-0.2, -0.15) is 8.42 Å². The first-order chi connectivity index (χ1) is 17.4. The van der Waals surface area contributed by atoms with Crippen LogP contribution in [0, 0.1) is 5.82 Å². The van der Waals surface area contributed by atoms with E-state index >= 15 is 4.39 Å². The Labute approximate surface area is 216 Å². The molecule has 2 amide bonds. The molecule has 2 aliphatic rings. The van der Waals surface area contributed by atoms with E-state index in [1.165, 1.54) is 12.1 Å². The Balaban J connectivity index is 1.66. The number of nitrogens with one attached hydrogen (secondary N) is 1. The highest BCUT2D eigenvalue weighted by Crippen LogP contribution is 2.37. The van der Waals surface area contributed by atoms with Crippen LogP contribution in [0.2, 0.25) is 0 Å². The molecule has 0 bridgehead atoms. The van der Waals surface area contributed by atoms with Crippen LogP contribution in [-0.2, 0) is 26.3 Å². The Morgan fingerprint density at radius 1 is 1.14 bits per heavy atom. The fourth-order valence-corrected chi connectivity index (χ4v) is 5.28. The highest BCUT2D eigenvalue weighted by atomic mass is 32.2. The predicted octanol–water partition coefficient (Wildman–Crippen LogP) is 4.00. The Morgan fingerprint density at radius 2 is 1.86 bits per heavy atom. The summed E-state index contributed by atoms with van der Waals surface area (Å²) in [5.41, 5.74) is 0.740. The lowest BCUT2D eigenvalue weighted by Gasteiger charge is -2.31. The second-order valence-electron chi connectivity index (χ2n) is 9.93. The van der Waals surface area contributed by atoms with Crippen molar-refractivity contribution in [1.82, 2.24) is 9.62 Å². The number of piperidine rings is 1. The van der Waals surface area contributed by atoms with Crippen LogP contribution in [0.1, 0.15) is 44.7 Å². The maximum absolute atomic E-state index is 15.9. The molecular formula is C26H30FN3O6S. The molecule has 0 radical (unpaired) electrons. The van der Waals surface area contributed by atoms with Crippen LogP contribution in [-0.4, -0.2) is 50.6 Å². The van der Waals surface area contributed by atoms with Crippen molar-refractivity contribution >= 4 is 34.0 Å². The number of halogens is 1. The maximum atomic E-state index is 15.9. The van der Waals surface area contributed by atoms with Crippen molar-refractivity contribution in [2.24, 2.45) is 0 Å². The molecule has 2 fully saturated rings. The van der Waals surface area contributed by atoms with Gasteiger partial charge in [0, 0.05) is 18.7 Å². The van der Waals surface area contributed by atoms with E-state index in [0.717, 1.165) is 11.1 Å². The molecule has 2 saturated heterocycles. The molecule has 0 unspecified atom stereocenters. The average molecular weight is 532 g/mol. The second-order valence-corrected chi connectivity index (χ2v) is 11.5. The number of nitrogens with zero attached hydrogens (tertiary/aromatic N) is 2. The average Bonchev–Trinajstić information content (AvgIpc) is 3.10. The van der Waals surface area contributed by atoms with E-state index < -0.39 is 40.2 Å². The SMILES string of the molecule is CC(C)(C)OC(=O)N1CCC/C(=C\c2ccc(OCc3ccccc3)c(N3CC(=O)NS3(=O)=O)c2F)C1. The van der Waals surface area contributed by atoms with E-state index in [0.29, 0.717) is 23.7 Å². The third-order valence-corrected chi connectivity index (χ3v) is 7.12. The first kappa shape index (κ1) is 26.5. The molecule has 0 aliphatic carbocycles. The predicted molar refractivity (Wildman–Crippen MR) is 137 cm³/mol. The van der Waals surface area contributed by atoms with Crippen molar-refractivity contribution in [1.29, 1.82) is 0 Å². The van der Waals surface area contributed by atoms with Gasteiger partial charge in [-0.1, -0.05) is 36.4 Å². The largest absolute Gasteiger partial charge is 0.487 e. The molecule has 2 heterocycles. The van der Waals surface area contributed by atoms with Crippen LogP contribution in [0.3, 0.4) is 0 Å². The van der Waals surface area contributed by atoms with Crippen LogP contribution < -0.4 is 13.8 Å². The molecule has 9 nitrogen and oxygen atoms in total. The minimum atomic E-state index is -4.28.